The van der Waals surface area contributed by atoms with Crippen molar-refractivity contribution in [3.8, 4) is 0 Å². The van der Waals surface area contributed by atoms with Crippen LogP contribution in [0.4, 0.5) is 5.69 Å². The summed E-state index contributed by atoms with van der Waals surface area (Å²) in [5, 5.41) is 3.46. The van der Waals surface area contributed by atoms with Crippen molar-refractivity contribution in [1.82, 2.24) is 4.98 Å². The molecule has 0 aliphatic carbocycles. The summed E-state index contributed by atoms with van der Waals surface area (Å²) in [5.41, 5.74) is 0.317. The number of hydrogen-bond acceptors (Lipinski definition) is 4. The summed E-state index contributed by atoms with van der Waals surface area (Å²) < 4.78 is 0. The quantitative estimate of drug-likeness (QED) is 0.365. The Hall–Kier alpha value is -0.970. The highest BCUT2D eigenvalue weighted by molar-refractivity contribution is 7.98. The fourth-order valence-corrected chi connectivity index (χ4v) is 0.831. The minimum absolute atomic E-state index is 0.317. The van der Waals surface area contributed by atoms with Crippen LogP contribution in [0.3, 0.4) is 0 Å². The van der Waals surface area contributed by atoms with Crippen molar-refractivity contribution in [1.29, 1.82) is 0 Å². The zero-order valence-electron chi connectivity index (χ0n) is 5.37. The summed E-state index contributed by atoms with van der Waals surface area (Å²) in [6.45, 7) is 0. The Morgan fingerprint density at radius 2 is 2.60 bits per heavy atom. The van der Waals surface area contributed by atoms with Gasteiger partial charge in [-0.2, -0.15) is 0 Å². The third-order valence-corrected chi connectivity index (χ3v) is 1.57. The van der Waals surface area contributed by atoms with Crippen LogP contribution in [0.15, 0.2) is 22.7 Å². The van der Waals surface area contributed by atoms with E-state index in [9.17, 15) is 4.91 Å². The second-order valence-electron chi connectivity index (χ2n) is 1.57. The molecule has 0 radical (unpaired) electrons. The minimum Gasteiger partial charge on any atom is -0.236 e. The Labute approximate surface area is 62.1 Å². The first kappa shape index (κ1) is 7.14. The van der Waals surface area contributed by atoms with Crippen molar-refractivity contribution in [2.75, 3.05) is 6.26 Å². The lowest BCUT2D eigenvalue weighted by atomic mass is 10.6. The molecule has 0 atom stereocenters. The lowest BCUT2D eigenvalue weighted by Crippen LogP contribution is -2.05. The van der Waals surface area contributed by atoms with Gasteiger partial charge in [0.1, 0.15) is 6.20 Å². The van der Waals surface area contributed by atoms with Gasteiger partial charge in [0.15, 0.2) is 11.9 Å². The Morgan fingerprint density at radius 1 is 1.80 bits per heavy atom. The number of H-pyrrole nitrogens is 1. The summed E-state index contributed by atoms with van der Waals surface area (Å²) in [4.78, 5) is 16.6. The molecule has 0 saturated carbocycles. The van der Waals surface area contributed by atoms with Gasteiger partial charge >= 0.3 is 5.16 Å². The summed E-state index contributed by atoms with van der Waals surface area (Å²) in [5.74, 6) is 0. The standard InChI is InChI=1S/C5H5N3OS/c1-10-5-6-2-4(8-9)3-7-5/h2-3H,1H3/p+1. The van der Waals surface area contributed by atoms with E-state index in [0.717, 1.165) is 5.16 Å². The molecule has 0 aromatic carbocycles. The van der Waals surface area contributed by atoms with Gasteiger partial charge in [0, 0.05) is 0 Å². The largest absolute Gasteiger partial charge is 0.356 e. The second kappa shape index (κ2) is 3.26. The van der Waals surface area contributed by atoms with Crippen LogP contribution < -0.4 is 4.98 Å². The molecule has 0 amide bonds. The van der Waals surface area contributed by atoms with Crippen LogP contribution in [-0.4, -0.2) is 11.2 Å². The number of nitroso groups, excluding NO2 is 1. The number of thioether (sulfide) groups is 1. The maximum absolute atomic E-state index is 9.89. The van der Waals surface area contributed by atoms with Gasteiger partial charge < -0.3 is 0 Å². The molecule has 1 aromatic rings. The normalized spacial score (nSPS) is 9.30. The first-order valence-corrected chi connectivity index (χ1v) is 3.84. The highest BCUT2D eigenvalue weighted by atomic mass is 32.2. The summed E-state index contributed by atoms with van der Waals surface area (Å²) in [6.07, 6.45) is 4.84. The maximum atomic E-state index is 9.89. The Bertz CT molecular complexity index is 223. The molecule has 0 saturated heterocycles. The molecule has 1 N–H and O–H groups in total. The Balaban J connectivity index is 2.90. The molecule has 0 aliphatic heterocycles. The highest BCUT2D eigenvalue weighted by Gasteiger charge is 2.02. The number of hydrogen-bond donors (Lipinski definition) is 0. The lowest BCUT2D eigenvalue weighted by molar-refractivity contribution is -0.432. The number of nitrogens with zero attached hydrogens (tertiary/aromatic N) is 2. The number of aromatic nitrogens is 2. The number of rotatable bonds is 2. The van der Waals surface area contributed by atoms with E-state index in [0.29, 0.717) is 5.69 Å². The van der Waals surface area contributed by atoms with E-state index < -0.39 is 0 Å². The average Bonchev–Trinajstić information content (AvgIpc) is 2.05. The molecule has 1 heterocycles. The monoisotopic (exact) mass is 156 g/mol. The highest BCUT2D eigenvalue weighted by Crippen LogP contribution is 2.07. The van der Waals surface area contributed by atoms with E-state index in [1.54, 1.807) is 0 Å². The Morgan fingerprint density at radius 3 is 3.00 bits per heavy atom. The van der Waals surface area contributed by atoms with Crippen molar-refractivity contribution < 1.29 is 4.98 Å². The van der Waals surface area contributed by atoms with Gasteiger partial charge in [-0.3, -0.25) is 0 Å². The van der Waals surface area contributed by atoms with Crippen LogP contribution in [0.25, 0.3) is 0 Å². The maximum Gasteiger partial charge on any atom is 0.356 e. The second-order valence-corrected chi connectivity index (χ2v) is 2.37. The SMILES string of the molecule is CSc1ncc(N=O)c[nH+]1. The molecule has 4 nitrogen and oxygen atoms in total. The molecule has 5 heteroatoms. The van der Waals surface area contributed by atoms with Crippen LogP contribution in [0.5, 0.6) is 0 Å². The van der Waals surface area contributed by atoms with E-state index in [1.165, 1.54) is 24.2 Å². The topological polar surface area (TPSA) is 56.5 Å². The lowest BCUT2D eigenvalue weighted by Gasteiger charge is -1.82. The van der Waals surface area contributed by atoms with Crippen molar-refractivity contribution in [2.24, 2.45) is 5.18 Å². The molecule has 52 valence electrons. The van der Waals surface area contributed by atoms with Crippen LogP contribution in [0.2, 0.25) is 0 Å². The Kier molecular flexibility index (Phi) is 2.33. The fourth-order valence-electron chi connectivity index (χ4n) is 0.497. The third-order valence-electron chi connectivity index (χ3n) is 0.956. The number of aromatic amines is 1. The van der Waals surface area contributed by atoms with E-state index in [-0.39, 0.29) is 0 Å². The predicted octanol–water partition coefficient (Wildman–Crippen LogP) is 1.02. The van der Waals surface area contributed by atoms with Crippen molar-refractivity contribution >= 4 is 17.4 Å². The molecule has 0 fully saturated rings. The van der Waals surface area contributed by atoms with Gasteiger partial charge in [-0.1, -0.05) is 0 Å². The van der Waals surface area contributed by atoms with E-state index in [1.807, 2.05) is 6.26 Å². The molecular weight excluding hydrogens is 150 g/mol. The first-order valence-electron chi connectivity index (χ1n) is 2.62. The zero-order chi connectivity index (χ0) is 7.40. The van der Waals surface area contributed by atoms with Crippen LogP contribution >= 0.6 is 11.8 Å². The van der Waals surface area contributed by atoms with Crippen LogP contribution in [-0.2, 0) is 0 Å². The molecule has 1 aromatic heterocycles. The van der Waals surface area contributed by atoms with Crippen LogP contribution in [0.1, 0.15) is 0 Å². The van der Waals surface area contributed by atoms with Crippen molar-refractivity contribution in [3.63, 3.8) is 0 Å². The van der Waals surface area contributed by atoms with Gasteiger partial charge in [0.05, 0.1) is 0 Å². The molecule has 1 rings (SSSR count). The first-order chi connectivity index (χ1) is 4.86. The van der Waals surface area contributed by atoms with E-state index >= 15 is 0 Å². The smallest absolute Gasteiger partial charge is 0.236 e. The molecular formula is C5H6N3OS+. The molecule has 10 heavy (non-hydrogen) atoms. The number of nitrogens with one attached hydrogen (secondary N) is 1. The van der Waals surface area contributed by atoms with Gasteiger partial charge in [0.2, 0.25) is 0 Å². The fraction of sp³-hybridized carbons (Fsp3) is 0.200. The van der Waals surface area contributed by atoms with Gasteiger partial charge in [0.25, 0.3) is 0 Å². The minimum atomic E-state index is 0.317. The summed E-state index contributed by atoms with van der Waals surface area (Å²) in [6, 6.07) is 0. The van der Waals surface area contributed by atoms with Gasteiger partial charge in [-0.15, -0.1) is 4.91 Å². The summed E-state index contributed by atoms with van der Waals surface area (Å²) >= 11 is 1.48. The van der Waals surface area contributed by atoms with E-state index in [2.05, 4.69) is 15.1 Å². The summed E-state index contributed by atoms with van der Waals surface area (Å²) in [7, 11) is 0. The average molecular weight is 156 g/mol. The molecule has 0 bridgehead atoms. The van der Waals surface area contributed by atoms with Crippen molar-refractivity contribution in [2.45, 2.75) is 5.16 Å². The van der Waals surface area contributed by atoms with E-state index in [4.69, 9.17) is 0 Å². The van der Waals surface area contributed by atoms with Gasteiger partial charge in [-0.05, 0) is 28.2 Å². The van der Waals surface area contributed by atoms with Gasteiger partial charge in [-0.25, -0.2) is 4.98 Å². The van der Waals surface area contributed by atoms with Crippen molar-refractivity contribution in [3.05, 3.63) is 17.3 Å². The predicted molar refractivity (Wildman–Crippen MR) is 38.0 cm³/mol. The van der Waals surface area contributed by atoms with Crippen LogP contribution in [0, 0.1) is 4.91 Å². The third kappa shape index (κ3) is 1.51. The zero-order valence-corrected chi connectivity index (χ0v) is 6.18. The molecule has 0 aliphatic rings. The molecule has 0 unspecified atom stereocenters. The molecule has 0 spiro atoms.